The van der Waals surface area contributed by atoms with Crippen molar-refractivity contribution in [2.24, 2.45) is 15.3 Å². The number of rotatable bonds is 4. The minimum absolute atomic E-state index is 0.0735. The SMILES string of the molecule is COC(=O)C1=C(C(=O)c2ccc(F)cc2)[C@H](c2ccccc2)N=C2NN=N[C@@H]21. The summed E-state index contributed by atoms with van der Waals surface area (Å²) in [6.07, 6.45) is 0. The van der Waals surface area contributed by atoms with Crippen LogP contribution >= 0.6 is 0 Å². The lowest BCUT2D eigenvalue weighted by Crippen LogP contribution is -2.37. The Morgan fingerprint density at radius 3 is 2.39 bits per heavy atom. The van der Waals surface area contributed by atoms with Crippen molar-refractivity contribution in [2.75, 3.05) is 7.11 Å². The van der Waals surface area contributed by atoms with Crippen molar-refractivity contribution in [1.29, 1.82) is 0 Å². The molecule has 0 aliphatic carbocycles. The van der Waals surface area contributed by atoms with Gasteiger partial charge in [-0.2, -0.15) is 5.11 Å². The van der Waals surface area contributed by atoms with E-state index >= 15 is 0 Å². The smallest absolute Gasteiger partial charge is 0.337 e. The molecule has 0 unspecified atom stereocenters. The van der Waals surface area contributed by atoms with Crippen molar-refractivity contribution >= 4 is 17.6 Å². The van der Waals surface area contributed by atoms with Crippen LogP contribution in [0.1, 0.15) is 22.0 Å². The molecule has 2 aliphatic rings. The van der Waals surface area contributed by atoms with Crippen molar-refractivity contribution in [3.8, 4) is 0 Å². The van der Waals surface area contributed by atoms with Gasteiger partial charge in [-0.15, -0.1) is 0 Å². The van der Waals surface area contributed by atoms with Gasteiger partial charge in [0, 0.05) is 11.1 Å². The second kappa shape index (κ2) is 7.15. The number of esters is 1. The number of amidine groups is 1. The number of dihydropyridines is 1. The molecule has 140 valence electrons. The van der Waals surface area contributed by atoms with Gasteiger partial charge in [0.2, 0.25) is 0 Å². The molecule has 2 aromatic carbocycles. The standard InChI is InChI=1S/C20H15FN4O3/c1-28-20(27)15-14(18(26)12-7-9-13(21)10-8-12)16(11-5-3-2-4-6-11)22-19-17(15)23-25-24-19/h2-10,16-17H,1H3,(H,22,23,24)/t16-,17+/m0/s1. The van der Waals surface area contributed by atoms with Crippen LogP contribution in [0.5, 0.6) is 0 Å². The normalized spacial score (nSPS) is 20.3. The zero-order valence-corrected chi connectivity index (χ0v) is 14.8. The molecule has 1 N–H and O–H groups in total. The fourth-order valence-corrected chi connectivity index (χ4v) is 3.26. The fourth-order valence-electron chi connectivity index (χ4n) is 3.26. The maximum Gasteiger partial charge on any atom is 0.337 e. The molecule has 4 rings (SSSR count). The number of halogens is 1. The summed E-state index contributed by atoms with van der Waals surface area (Å²) in [4.78, 5) is 30.6. The van der Waals surface area contributed by atoms with E-state index in [1.807, 2.05) is 30.3 Å². The number of ketones is 1. The highest BCUT2D eigenvalue weighted by Gasteiger charge is 2.42. The summed E-state index contributed by atoms with van der Waals surface area (Å²) in [5.41, 5.74) is 3.85. The lowest BCUT2D eigenvalue weighted by Gasteiger charge is -2.26. The van der Waals surface area contributed by atoms with E-state index < -0.39 is 29.7 Å². The molecule has 0 saturated carbocycles. The first kappa shape index (κ1) is 17.7. The molecule has 0 aromatic heterocycles. The zero-order chi connectivity index (χ0) is 19.7. The topological polar surface area (TPSA) is 92.5 Å². The van der Waals surface area contributed by atoms with Gasteiger partial charge in [-0.1, -0.05) is 35.6 Å². The van der Waals surface area contributed by atoms with Gasteiger partial charge in [-0.05, 0) is 29.8 Å². The minimum atomic E-state index is -0.841. The van der Waals surface area contributed by atoms with Gasteiger partial charge >= 0.3 is 5.97 Å². The van der Waals surface area contributed by atoms with Gasteiger partial charge < -0.3 is 4.74 Å². The molecule has 8 heteroatoms. The maximum absolute atomic E-state index is 13.4. The monoisotopic (exact) mass is 378 g/mol. The predicted octanol–water partition coefficient (Wildman–Crippen LogP) is 2.97. The highest BCUT2D eigenvalue weighted by molar-refractivity contribution is 6.17. The highest BCUT2D eigenvalue weighted by Crippen LogP contribution is 2.38. The number of fused-ring (bicyclic) bond motifs is 1. The molecule has 0 bridgehead atoms. The molecular weight excluding hydrogens is 363 g/mol. The Kier molecular flexibility index (Phi) is 4.52. The summed E-state index contributed by atoms with van der Waals surface area (Å²) in [5.74, 6) is -1.23. The summed E-state index contributed by atoms with van der Waals surface area (Å²) in [7, 11) is 1.23. The fraction of sp³-hybridized carbons (Fsp3) is 0.150. The van der Waals surface area contributed by atoms with E-state index in [0.29, 0.717) is 11.4 Å². The molecule has 0 radical (unpaired) electrons. The third kappa shape index (κ3) is 2.98. The molecule has 7 nitrogen and oxygen atoms in total. The maximum atomic E-state index is 13.4. The Bertz CT molecular complexity index is 1030. The molecule has 0 amide bonds. The second-order valence-corrected chi connectivity index (χ2v) is 6.21. The molecule has 0 fully saturated rings. The lowest BCUT2D eigenvalue weighted by atomic mass is 9.84. The molecule has 2 aliphatic heterocycles. The van der Waals surface area contributed by atoms with Crippen LogP contribution in [-0.2, 0) is 9.53 Å². The molecule has 2 heterocycles. The van der Waals surface area contributed by atoms with Gasteiger partial charge in [0.25, 0.3) is 0 Å². The van der Waals surface area contributed by atoms with Crippen LogP contribution in [0.3, 0.4) is 0 Å². The summed E-state index contributed by atoms with van der Waals surface area (Å²) in [6, 6.07) is 12.6. The summed E-state index contributed by atoms with van der Waals surface area (Å²) in [5, 5.41) is 7.73. The molecule has 0 spiro atoms. The van der Waals surface area contributed by atoms with Gasteiger partial charge in [0.1, 0.15) is 11.9 Å². The van der Waals surface area contributed by atoms with E-state index in [1.165, 1.54) is 31.4 Å². The first-order valence-corrected chi connectivity index (χ1v) is 8.51. The number of nitrogens with zero attached hydrogens (tertiary/aromatic N) is 3. The van der Waals surface area contributed by atoms with Crippen LogP contribution < -0.4 is 5.43 Å². The average molecular weight is 378 g/mol. The van der Waals surface area contributed by atoms with E-state index in [1.54, 1.807) is 0 Å². The van der Waals surface area contributed by atoms with Crippen molar-refractivity contribution in [3.63, 3.8) is 0 Å². The predicted molar refractivity (Wildman–Crippen MR) is 98.2 cm³/mol. The Labute approximate surface area is 159 Å². The van der Waals surface area contributed by atoms with Crippen LogP contribution in [0.25, 0.3) is 0 Å². The summed E-state index contributed by atoms with van der Waals surface area (Å²) >= 11 is 0. The highest BCUT2D eigenvalue weighted by atomic mass is 19.1. The Morgan fingerprint density at radius 2 is 1.71 bits per heavy atom. The number of carbonyl (C=O) groups excluding carboxylic acids is 2. The number of hydrogen-bond donors (Lipinski definition) is 1. The van der Waals surface area contributed by atoms with Gasteiger partial charge in [-0.25, -0.2) is 14.6 Å². The Balaban J connectivity index is 1.92. The average Bonchev–Trinajstić information content (AvgIpc) is 3.21. The van der Waals surface area contributed by atoms with E-state index in [4.69, 9.17) is 4.74 Å². The quantitative estimate of drug-likeness (QED) is 0.654. The van der Waals surface area contributed by atoms with Gasteiger partial charge in [0.05, 0.1) is 12.7 Å². The largest absolute Gasteiger partial charge is 0.466 e. The number of ether oxygens (including phenoxy) is 1. The number of carbonyl (C=O) groups is 2. The van der Waals surface area contributed by atoms with Crippen molar-refractivity contribution in [3.05, 3.63) is 82.7 Å². The van der Waals surface area contributed by atoms with Crippen molar-refractivity contribution in [1.82, 2.24) is 5.43 Å². The molecular formula is C20H15FN4O3. The first-order chi connectivity index (χ1) is 13.6. The van der Waals surface area contributed by atoms with E-state index in [0.717, 1.165) is 0 Å². The van der Waals surface area contributed by atoms with Gasteiger partial charge in [0.15, 0.2) is 17.7 Å². The number of methoxy groups -OCH3 is 1. The third-order valence-electron chi connectivity index (χ3n) is 4.57. The van der Waals surface area contributed by atoms with Gasteiger partial charge in [-0.3, -0.25) is 9.79 Å². The molecule has 0 saturated heterocycles. The zero-order valence-electron chi connectivity index (χ0n) is 14.8. The van der Waals surface area contributed by atoms with Crippen LogP contribution in [-0.4, -0.2) is 30.7 Å². The number of aliphatic imine (C=N–C) groups is 1. The van der Waals surface area contributed by atoms with E-state index in [2.05, 4.69) is 20.8 Å². The minimum Gasteiger partial charge on any atom is -0.466 e. The van der Waals surface area contributed by atoms with Crippen molar-refractivity contribution < 1.29 is 18.7 Å². The molecule has 28 heavy (non-hydrogen) atoms. The first-order valence-electron chi connectivity index (χ1n) is 8.51. The number of nitrogens with one attached hydrogen (secondary N) is 1. The second-order valence-electron chi connectivity index (χ2n) is 6.21. The summed E-state index contributed by atoms with van der Waals surface area (Å²) < 4.78 is 18.2. The van der Waals surface area contributed by atoms with E-state index in [-0.39, 0.29) is 16.7 Å². The molecule has 2 atom stereocenters. The van der Waals surface area contributed by atoms with Crippen LogP contribution in [0.2, 0.25) is 0 Å². The number of Topliss-reactive ketones (excluding diaryl/α,β-unsaturated/α-hetero) is 1. The molecule has 2 aromatic rings. The third-order valence-corrected chi connectivity index (χ3v) is 4.57. The number of benzene rings is 2. The Morgan fingerprint density at radius 1 is 1.00 bits per heavy atom. The van der Waals surface area contributed by atoms with Crippen LogP contribution in [0.15, 0.2) is 81.1 Å². The summed E-state index contributed by atoms with van der Waals surface area (Å²) in [6.45, 7) is 0. The van der Waals surface area contributed by atoms with Crippen LogP contribution in [0.4, 0.5) is 4.39 Å². The van der Waals surface area contributed by atoms with Crippen molar-refractivity contribution in [2.45, 2.75) is 12.1 Å². The van der Waals surface area contributed by atoms with E-state index in [9.17, 15) is 14.0 Å². The lowest BCUT2D eigenvalue weighted by molar-refractivity contribution is -0.136. The Hall–Kier alpha value is -3.68. The number of hydrogen-bond acceptors (Lipinski definition) is 7. The van der Waals surface area contributed by atoms with Crippen LogP contribution in [0, 0.1) is 5.82 Å².